The number of carbonyl (C=O) groups is 2. The zero-order valence-corrected chi connectivity index (χ0v) is 14.3. The lowest BCUT2D eigenvalue weighted by atomic mass is 10.1. The highest BCUT2D eigenvalue weighted by Gasteiger charge is 2.17. The second-order valence-electron chi connectivity index (χ2n) is 5.73. The van der Waals surface area contributed by atoms with E-state index in [1.807, 2.05) is 25.1 Å². The van der Waals surface area contributed by atoms with Crippen molar-refractivity contribution in [2.24, 2.45) is 0 Å². The molecule has 0 spiro atoms. The molecule has 0 aromatic heterocycles. The van der Waals surface area contributed by atoms with E-state index in [-0.39, 0.29) is 36.8 Å². The van der Waals surface area contributed by atoms with E-state index in [2.05, 4.69) is 10.6 Å². The van der Waals surface area contributed by atoms with Gasteiger partial charge in [0.2, 0.25) is 5.91 Å². The van der Waals surface area contributed by atoms with Crippen LogP contribution in [-0.4, -0.2) is 30.4 Å². The number of para-hydroxylation sites is 1. The summed E-state index contributed by atoms with van der Waals surface area (Å²) in [4.78, 5) is 25.6. The van der Waals surface area contributed by atoms with E-state index in [9.17, 15) is 14.0 Å². The van der Waals surface area contributed by atoms with Crippen molar-refractivity contribution in [1.29, 1.82) is 0 Å². The second kappa shape index (κ2) is 8.82. The van der Waals surface area contributed by atoms with Crippen molar-refractivity contribution in [1.82, 2.24) is 10.2 Å². The third-order valence-corrected chi connectivity index (χ3v) is 3.98. The average molecular weight is 343 g/mol. The fourth-order valence-corrected chi connectivity index (χ4v) is 2.34. The van der Waals surface area contributed by atoms with Gasteiger partial charge >= 0.3 is 6.03 Å². The van der Waals surface area contributed by atoms with E-state index < -0.39 is 0 Å². The lowest BCUT2D eigenvalue weighted by molar-refractivity contribution is -0.131. The number of nitrogens with one attached hydrogen (secondary N) is 2. The summed E-state index contributed by atoms with van der Waals surface area (Å²) in [5.41, 5.74) is 1.54. The molecule has 132 valence electrons. The van der Waals surface area contributed by atoms with Gasteiger partial charge in [-0.05, 0) is 36.8 Å². The molecule has 2 aromatic rings. The Morgan fingerprint density at radius 1 is 1.08 bits per heavy atom. The molecule has 0 radical (unpaired) electrons. The molecule has 3 amide bonds. The van der Waals surface area contributed by atoms with E-state index >= 15 is 0 Å². The van der Waals surface area contributed by atoms with Gasteiger partial charge in [-0.3, -0.25) is 4.79 Å². The highest BCUT2D eigenvalue weighted by atomic mass is 19.1. The van der Waals surface area contributed by atoms with E-state index in [1.165, 1.54) is 12.1 Å². The lowest BCUT2D eigenvalue weighted by Gasteiger charge is -2.25. The highest BCUT2D eigenvalue weighted by molar-refractivity contribution is 5.89. The van der Waals surface area contributed by atoms with Crippen LogP contribution < -0.4 is 10.6 Å². The molecule has 0 aliphatic heterocycles. The number of nitrogens with zero attached hydrogens (tertiary/aromatic N) is 1. The summed E-state index contributed by atoms with van der Waals surface area (Å²) < 4.78 is 13.0. The third-order valence-electron chi connectivity index (χ3n) is 3.98. The van der Waals surface area contributed by atoms with Gasteiger partial charge in [0.05, 0.1) is 6.04 Å². The van der Waals surface area contributed by atoms with Crippen molar-refractivity contribution < 1.29 is 14.0 Å². The molecule has 0 heterocycles. The molecule has 6 heteroatoms. The summed E-state index contributed by atoms with van der Waals surface area (Å²) in [6.45, 7) is 2.11. The van der Waals surface area contributed by atoms with Gasteiger partial charge in [-0.25, -0.2) is 9.18 Å². The molecule has 0 aliphatic rings. The Morgan fingerprint density at radius 3 is 2.36 bits per heavy atom. The minimum atomic E-state index is -0.353. The minimum Gasteiger partial charge on any atom is -0.339 e. The summed E-state index contributed by atoms with van der Waals surface area (Å²) in [5, 5.41) is 5.34. The number of carbonyl (C=O) groups excluding carboxylic acids is 2. The molecule has 2 aromatic carbocycles. The van der Waals surface area contributed by atoms with Crippen molar-refractivity contribution in [2.45, 2.75) is 19.4 Å². The Morgan fingerprint density at radius 2 is 1.72 bits per heavy atom. The maximum atomic E-state index is 13.0. The first-order valence-electron chi connectivity index (χ1n) is 8.08. The zero-order valence-electron chi connectivity index (χ0n) is 14.3. The Labute approximate surface area is 146 Å². The Bertz CT molecular complexity index is 704. The van der Waals surface area contributed by atoms with E-state index in [0.717, 1.165) is 5.56 Å². The first-order valence-corrected chi connectivity index (χ1v) is 8.08. The van der Waals surface area contributed by atoms with Crippen LogP contribution >= 0.6 is 0 Å². The number of amides is 3. The van der Waals surface area contributed by atoms with Gasteiger partial charge in [-0.1, -0.05) is 30.3 Å². The molecule has 1 atom stereocenters. The SMILES string of the molecule is C[C@H](c1ccc(F)cc1)N(C)C(=O)CCNC(=O)Nc1ccccc1. The maximum absolute atomic E-state index is 13.0. The first-order chi connectivity index (χ1) is 12.0. The van der Waals surface area contributed by atoms with Crippen LogP contribution in [-0.2, 0) is 4.79 Å². The predicted octanol–water partition coefficient (Wildman–Crippen LogP) is 3.56. The van der Waals surface area contributed by atoms with Crippen LogP contribution in [0.2, 0.25) is 0 Å². The fourth-order valence-electron chi connectivity index (χ4n) is 2.34. The summed E-state index contributed by atoms with van der Waals surface area (Å²) in [7, 11) is 1.69. The topological polar surface area (TPSA) is 61.4 Å². The molecular formula is C19H22FN3O2. The van der Waals surface area contributed by atoms with Crippen LogP contribution in [0.5, 0.6) is 0 Å². The molecule has 0 fully saturated rings. The second-order valence-corrected chi connectivity index (χ2v) is 5.73. The zero-order chi connectivity index (χ0) is 18.2. The van der Waals surface area contributed by atoms with Crippen LogP contribution in [0, 0.1) is 5.82 Å². The van der Waals surface area contributed by atoms with Gasteiger partial charge in [0.25, 0.3) is 0 Å². The molecule has 0 saturated heterocycles. The molecule has 0 bridgehead atoms. The molecule has 0 saturated carbocycles. The van der Waals surface area contributed by atoms with Crippen LogP contribution in [0.25, 0.3) is 0 Å². The molecule has 0 unspecified atom stereocenters. The van der Waals surface area contributed by atoms with Crippen LogP contribution in [0.15, 0.2) is 54.6 Å². The molecule has 2 rings (SSSR count). The Balaban J connectivity index is 1.77. The largest absolute Gasteiger partial charge is 0.339 e. The number of urea groups is 1. The van der Waals surface area contributed by atoms with Gasteiger partial charge in [-0.15, -0.1) is 0 Å². The van der Waals surface area contributed by atoms with Gasteiger partial charge < -0.3 is 15.5 Å². The molecule has 25 heavy (non-hydrogen) atoms. The van der Waals surface area contributed by atoms with Crippen molar-refractivity contribution in [3.8, 4) is 0 Å². The number of rotatable bonds is 6. The van der Waals surface area contributed by atoms with Crippen molar-refractivity contribution in [2.75, 3.05) is 18.9 Å². The molecule has 5 nitrogen and oxygen atoms in total. The van der Waals surface area contributed by atoms with E-state index in [0.29, 0.717) is 5.69 Å². The quantitative estimate of drug-likeness (QED) is 0.842. The smallest absolute Gasteiger partial charge is 0.319 e. The van der Waals surface area contributed by atoms with Crippen molar-refractivity contribution in [3.05, 3.63) is 66.0 Å². The summed E-state index contributed by atoms with van der Waals surface area (Å²) in [5.74, 6) is -0.407. The fraction of sp³-hybridized carbons (Fsp3) is 0.263. The molecule has 2 N–H and O–H groups in total. The summed E-state index contributed by atoms with van der Waals surface area (Å²) in [6.07, 6.45) is 0.185. The lowest BCUT2D eigenvalue weighted by Crippen LogP contribution is -2.35. The summed E-state index contributed by atoms with van der Waals surface area (Å²) in [6, 6.07) is 14.6. The van der Waals surface area contributed by atoms with Gasteiger partial charge in [0, 0.05) is 25.7 Å². The van der Waals surface area contributed by atoms with E-state index in [4.69, 9.17) is 0 Å². The predicted molar refractivity (Wildman–Crippen MR) is 95.7 cm³/mol. The number of halogens is 1. The number of hydrogen-bond acceptors (Lipinski definition) is 2. The Kier molecular flexibility index (Phi) is 6.51. The average Bonchev–Trinajstić information content (AvgIpc) is 2.62. The van der Waals surface area contributed by atoms with Crippen molar-refractivity contribution >= 4 is 17.6 Å². The Hall–Kier alpha value is -2.89. The third kappa shape index (κ3) is 5.60. The molecule has 0 aliphatic carbocycles. The number of hydrogen-bond donors (Lipinski definition) is 2. The molecular weight excluding hydrogens is 321 g/mol. The van der Waals surface area contributed by atoms with Crippen LogP contribution in [0.3, 0.4) is 0 Å². The standard InChI is InChI=1S/C19H22FN3O2/c1-14(15-8-10-16(20)11-9-15)23(2)18(24)12-13-21-19(25)22-17-6-4-3-5-7-17/h3-11,14H,12-13H2,1-2H3,(H2,21,22,25)/t14-/m1/s1. The van der Waals surface area contributed by atoms with Crippen LogP contribution in [0.1, 0.15) is 24.9 Å². The van der Waals surface area contributed by atoms with Gasteiger partial charge in [0.1, 0.15) is 5.82 Å². The van der Waals surface area contributed by atoms with Crippen LogP contribution in [0.4, 0.5) is 14.9 Å². The number of anilines is 1. The minimum absolute atomic E-state index is 0.100. The summed E-state index contributed by atoms with van der Waals surface area (Å²) >= 11 is 0. The highest BCUT2D eigenvalue weighted by Crippen LogP contribution is 2.19. The normalized spacial score (nSPS) is 11.5. The van der Waals surface area contributed by atoms with E-state index in [1.54, 1.807) is 36.2 Å². The first kappa shape index (κ1) is 18.4. The van der Waals surface area contributed by atoms with Gasteiger partial charge in [0.15, 0.2) is 0 Å². The van der Waals surface area contributed by atoms with Gasteiger partial charge in [-0.2, -0.15) is 0 Å². The monoisotopic (exact) mass is 343 g/mol. The maximum Gasteiger partial charge on any atom is 0.319 e. The number of benzene rings is 2. The van der Waals surface area contributed by atoms with Crippen molar-refractivity contribution in [3.63, 3.8) is 0 Å².